The van der Waals surface area contributed by atoms with Crippen molar-refractivity contribution in [3.8, 4) is 0 Å². The first-order valence-electron chi connectivity index (χ1n) is 9.60. The Morgan fingerprint density at radius 2 is 1.70 bits per heavy atom. The van der Waals surface area contributed by atoms with Crippen LogP contribution in [0, 0.1) is 5.41 Å². The van der Waals surface area contributed by atoms with Gasteiger partial charge in [0.05, 0.1) is 24.4 Å². The van der Waals surface area contributed by atoms with Gasteiger partial charge >= 0.3 is 28.4 Å². The van der Waals surface area contributed by atoms with Crippen molar-refractivity contribution in [3.63, 3.8) is 0 Å². The van der Waals surface area contributed by atoms with E-state index < -0.39 is 68.6 Å². The van der Waals surface area contributed by atoms with E-state index in [0.29, 0.717) is 0 Å². The lowest BCUT2D eigenvalue weighted by Gasteiger charge is -2.24. The quantitative estimate of drug-likeness (QED) is 0.124. The van der Waals surface area contributed by atoms with E-state index in [0.717, 1.165) is 0 Å². The molecular weight excluding hydrogens is 508 g/mol. The van der Waals surface area contributed by atoms with Crippen molar-refractivity contribution in [2.45, 2.75) is 39.8 Å². The molecule has 0 aliphatic rings. The maximum absolute atomic E-state index is 12.5. The Bertz CT molecular complexity index is 815. The minimum atomic E-state index is -4.07. The molecule has 0 fully saturated rings. The van der Waals surface area contributed by atoms with Gasteiger partial charge in [-0.15, -0.1) is 4.89 Å². The molecule has 0 saturated heterocycles. The molecule has 33 heavy (non-hydrogen) atoms. The molecule has 0 aromatic rings. The first kappa shape index (κ1) is 31.2. The topological polar surface area (TPSA) is 198 Å². The Hall–Kier alpha value is -1.76. The Labute approximate surface area is 193 Å². The van der Waals surface area contributed by atoms with Gasteiger partial charge in [0.15, 0.2) is 0 Å². The highest BCUT2D eigenvalue weighted by Crippen LogP contribution is 2.47. The van der Waals surface area contributed by atoms with Crippen LogP contribution in [0.2, 0.25) is 0 Å². The number of carbonyl (C=O) groups excluding carboxylic acids is 3. The molecule has 0 aliphatic carbocycles. The molecule has 0 bridgehead atoms. The van der Waals surface area contributed by atoms with Crippen molar-refractivity contribution in [1.29, 1.82) is 0 Å². The molecule has 0 heterocycles. The average molecular weight is 537 g/mol. The standard InChI is InChI=1S/C16H27NO13P2S/c1-5-26-15(20)28-9-8-27-14(19)13(31(21)30-32(22)23)16(3,4)11-29-33(24,25)10-6-7-17-12(2)18/h13H,5-11H2,1-4H3/p+2/t13-/m0/s1. The lowest BCUT2D eigenvalue weighted by molar-refractivity contribution is -0.147. The van der Waals surface area contributed by atoms with Crippen LogP contribution in [-0.4, -0.2) is 75.7 Å². The summed E-state index contributed by atoms with van der Waals surface area (Å²) in [6, 6.07) is 0. The summed E-state index contributed by atoms with van der Waals surface area (Å²) in [5, 5.41) is 2.43. The number of rotatable bonds is 16. The molecule has 14 nitrogen and oxygen atoms in total. The smallest absolute Gasteiger partial charge is 0.459 e. The summed E-state index contributed by atoms with van der Waals surface area (Å²) in [5.74, 6) is -1.92. The predicted octanol–water partition coefficient (Wildman–Crippen LogP) is 1.38. The Balaban J connectivity index is 5.12. The zero-order chi connectivity index (χ0) is 25.7. The second-order valence-corrected chi connectivity index (χ2v) is 11.0. The van der Waals surface area contributed by atoms with E-state index in [4.69, 9.17) is 13.8 Å². The number of nitrogens with one attached hydrogen (secondary N) is 1. The van der Waals surface area contributed by atoms with Crippen LogP contribution in [0.25, 0.3) is 0 Å². The highest BCUT2D eigenvalue weighted by Gasteiger charge is 2.57. The molecule has 0 saturated carbocycles. The van der Waals surface area contributed by atoms with Gasteiger partial charge in [-0.2, -0.15) is 8.42 Å². The Morgan fingerprint density at radius 3 is 2.24 bits per heavy atom. The van der Waals surface area contributed by atoms with Crippen molar-refractivity contribution in [2.75, 3.05) is 38.7 Å². The van der Waals surface area contributed by atoms with Crippen LogP contribution in [-0.2, 0) is 51.5 Å². The van der Waals surface area contributed by atoms with E-state index in [1.165, 1.54) is 20.8 Å². The summed E-state index contributed by atoms with van der Waals surface area (Å²) in [5.41, 5.74) is -3.20. The maximum Gasteiger partial charge on any atom is 0.742 e. The maximum atomic E-state index is 12.5. The third kappa shape index (κ3) is 14.2. The van der Waals surface area contributed by atoms with E-state index in [1.54, 1.807) is 6.92 Å². The zero-order valence-corrected chi connectivity index (χ0v) is 21.3. The first-order valence-corrected chi connectivity index (χ1v) is 13.6. The predicted molar refractivity (Wildman–Crippen MR) is 113 cm³/mol. The van der Waals surface area contributed by atoms with Crippen LogP contribution >= 0.6 is 16.3 Å². The molecule has 2 unspecified atom stereocenters. The highest BCUT2D eigenvalue weighted by atomic mass is 32.2. The van der Waals surface area contributed by atoms with Crippen LogP contribution in [0.3, 0.4) is 0 Å². The average Bonchev–Trinajstić information content (AvgIpc) is 2.67. The van der Waals surface area contributed by atoms with Gasteiger partial charge in [0.25, 0.3) is 15.8 Å². The second kappa shape index (κ2) is 15.2. The largest absolute Gasteiger partial charge is 0.742 e. The van der Waals surface area contributed by atoms with Crippen molar-refractivity contribution >= 4 is 44.4 Å². The van der Waals surface area contributed by atoms with Crippen LogP contribution in [0.4, 0.5) is 4.79 Å². The summed E-state index contributed by atoms with van der Waals surface area (Å²) in [6.45, 7) is 4.17. The van der Waals surface area contributed by atoms with Gasteiger partial charge in [-0.05, 0) is 17.9 Å². The van der Waals surface area contributed by atoms with Crippen molar-refractivity contribution < 1.29 is 59.5 Å². The van der Waals surface area contributed by atoms with Crippen LogP contribution in [0.15, 0.2) is 0 Å². The van der Waals surface area contributed by atoms with Gasteiger partial charge in [0, 0.05) is 18.0 Å². The van der Waals surface area contributed by atoms with Crippen molar-refractivity contribution in [3.05, 3.63) is 0 Å². The van der Waals surface area contributed by atoms with E-state index in [9.17, 15) is 31.9 Å². The summed E-state index contributed by atoms with van der Waals surface area (Å²) in [7, 11) is -10.5. The lowest BCUT2D eigenvalue weighted by Crippen LogP contribution is -2.40. The van der Waals surface area contributed by atoms with Crippen molar-refractivity contribution in [2.24, 2.45) is 5.41 Å². The highest BCUT2D eigenvalue weighted by molar-refractivity contribution is 7.86. The normalized spacial score (nSPS) is 13.5. The number of hydrogen-bond acceptors (Lipinski definition) is 12. The van der Waals surface area contributed by atoms with E-state index in [2.05, 4.69) is 19.1 Å². The Morgan fingerprint density at radius 1 is 1.09 bits per heavy atom. The molecule has 1 amide bonds. The Kier molecular flexibility index (Phi) is 14.4. The molecular formula is C16H29NO13P2S+2. The molecule has 3 atom stereocenters. The summed E-state index contributed by atoms with van der Waals surface area (Å²) in [4.78, 5) is 43.3. The second-order valence-electron chi connectivity index (χ2n) is 7.06. The van der Waals surface area contributed by atoms with E-state index >= 15 is 0 Å². The van der Waals surface area contributed by atoms with Gasteiger partial charge in [-0.3, -0.25) is 8.98 Å². The van der Waals surface area contributed by atoms with Gasteiger partial charge in [-0.25, -0.2) is 9.59 Å². The number of carbonyl (C=O) groups is 3. The number of hydrogen-bond donors (Lipinski definition) is 2. The molecule has 2 N–H and O–H groups in total. The van der Waals surface area contributed by atoms with E-state index in [1.807, 2.05) is 0 Å². The van der Waals surface area contributed by atoms with Crippen LogP contribution in [0.1, 0.15) is 34.1 Å². The third-order valence-electron chi connectivity index (χ3n) is 3.69. The zero-order valence-electron chi connectivity index (χ0n) is 18.7. The first-order chi connectivity index (χ1) is 15.2. The summed E-state index contributed by atoms with van der Waals surface area (Å²) in [6.07, 6.45) is -0.925. The third-order valence-corrected chi connectivity index (χ3v) is 7.49. The fourth-order valence-electron chi connectivity index (χ4n) is 2.21. The minimum absolute atomic E-state index is 0.0661. The molecule has 0 aromatic carbocycles. The summed E-state index contributed by atoms with van der Waals surface area (Å²) < 4.78 is 70.8. The number of esters is 1. The fourth-order valence-corrected chi connectivity index (χ4v) is 5.12. The monoisotopic (exact) mass is 537 g/mol. The number of amides is 1. The van der Waals surface area contributed by atoms with Gasteiger partial charge in [-0.1, -0.05) is 13.8 Å². The molecule has 190 valence electrons. The van der Waals surface area contributed by atoms with Crippen LogP contribution in [0.5, 0.6) is 0 Å². The van der Waals surface area contributed by atoms with E-state index in [-0.39, 0.29) is 32.1 Å². The van der Waals surface area contributed by atoms with Crippen LogP contribution < -0.4 is 5.32 Å². The lowest BCUT2D eigenvalue weighted by atomic mass is 9.90. The molecule has 17 heteroatoms. The molecule has 0 radical (unpaired) electrons. The molecule has 0 spiro atoms. The molecule has 0 aliphatic heterocycles. The summed E-state index contributed by atoms with van der Waals surface area (Å²) >= 11 is 0. The fraction of sp³-hybridized carbons (Fsp3) is 0.812. The molecule has 0 rings (SSSR count). The minimum Gasteiger partial charge on any atom is -0.459 e. The van der Waals surface area contributed by atoms with Crippen molar-refractivity contribution in [1.82, 2.24) is 5.32 Å². The number of ether oxygens (including phenoxy) is 3. The van der Waals surface area contributed by atoms with Gasteiger partial charge in [0.2, 0.25) is 5.91 Å². The molecule has 0 aromatic heterocycles. The van der Waals surface area contributed by atoms with Gasteiger partial charge < -0.3 is 19.5 Å². The SMILES string of the molecule is CCOC(=O)OCCOC(=O)[C@H]([P+](=O)O[P+](=O)O)C(C)(C)COS(=O)(=O)CCCNC(C)=O. The van der Waals surface area contributed by atoms with Gasteiger partial charge in [0.1, 0.15) is 17.5 Å².